The summed E-state index contributed by atoms with van der Waals surface area (Å²) in [6, 6.07) is 16.9. The van der Waals surface area contributed by atoms with Crippen molar-refractivity contribution in [2.75, 3.05) is 33.3 Å². The number of nitrogens with zero attached hydrogens (tertiary/aromatic N) is 1. The maximum atomic E-state index is 13.5. The number of carbonyl (C=O) groups is 2. The van der Waals surface area contributed by atoms with Gasteiger partial charge < -0.3 is 24.3 Å². The number of amides is 1. The molecule has 1 aromatic heterocycles. The maximum Gasteiger partial charge on any atom is 0.338 e. The van der Waals surface area contributed by atoms with Crippen LogP contribution in [-0.2, 0) is 4.74 Å². The fraction of sp³-hybridized carbons (Fsp3) is 0.179. The van der Waals surface area contributed by atoms with Gasteiger partial charge in [0.25, 0.3) is 5.91 Å². The number of hydrogen-bond donors (Lipinski definition) is 1. The molecule has 0 atom stereocenters. The molecule has 190 valence electrons. The molecule has 9 heteroatoms. The molecule has 0 aliphatic heterocycles. The Kier molecular flexibility index (Phi) is 7.79. The van der Waals surface area contributed by atoms with Crippen molar-refractivity contribution in [3.8, 4) is 28.5 Å². The summed E-state index contributed by atoms with van der Waals surface area (Å²) in [5, 5.41) is 3.90. The van der Waals surface area contributed by atoms with Gasteiger partial charge in [-0.3, -0.25) is 4.79 Å². The van der Waals surface area contributed by atoms with Gasteiger partial charge in [-0.25, -0.2) is 9.78 Å². The van der Waals surface area contributed by atoms with E-state index in [4.69, 9.17) is 35.5 Å². The van der Waals surface area contributed by atoms with Crippen molar-refractivity contribution >= 4 is 40.1 Å². The van der Waals surface area contributed by atoms with E-state index in [2.05, 4.69) is 5.32 Å². The zero-order chi connectivity index (χ0) is 26.5. The number of carbonyl (C=O) groups excluding carboxylic acids is 2. The molecule has 0 aliphatic rings. The zero-order valence-corrected chi connectivity index (χ0v) is 21.5. The first-order valence-electron chi connectivity index (χ1n) is 11.4. The minimum Gasteiger partial charge on any atom is -0.493 e. The lowest BCUT2D eigenvalue weighted by Crippen LogP contribution is -2.14. The molecular weight excluding hydrogens is 496 g/mol. The van der Waals surface area contributed by atoms with Gasteiger partial charge in [-0.05, 0) is 61.5 Å². The summed E-state index contributed by atoms with van der Waals surface area (Å²) >= 11 is 6.25. The summed E-state index contributed by atoms with van der Waals surface area (Å²) in [5.41, 5.74) is 2.86. The first-order chi connectivity index (χ1) is 17.9. The van der Waals surface area contributed by atoms with Crippen LogP contribution >= 0.6 is 11.6 Å². The number of hydrogen-bond acceptors (Lipinski definition) is 7. The Hall–Kier alpha value is -4.30. The van der Waals surface area contributed by atoms with Gasteiger partial charge in [0.05, 0.1) is 50.3 Å². The standard InChI is InChI=1S/C28H25ClN2O6/c1-5-37-28(33)16-7-6-8-19(11-16)30-27(32)21-15-23(31-22-10-9-18(29)14-20(21)22)17-12-24(34-2)26(36-4)25(13-17)35-3/h6-15H,5H2,1-4H3,(H,30,32). The molecule has 37 heavy (non-hydrogen) atoms. The van der Waals surface area contributed by atoms with Crippen LogP contribution < -0.4 is 19.5 Å². The number of rotatable bonds is 8. The van der Waals surface area contributed by atoms with Crippen LogP contribution in [0.4, 0.5) is 5.69 Å². The van der Waals surface area contributed by atoms with Crippen LogP contribution in [0.2, 0.25) is 5.02 Å². The second-order valence-corrected chi connectivity index (χ2v) is 8.32. The maximum absolute atomic E-state index is 13.5. The van der Waals surface area contributed by atoms with E-state index in [9.17, 15) is 9.59 Å². The first-order valence-corrected chi connectivity index (χ1v) is 11.8. The van der Waals surface area contributed by atoms with Crippen molar-refractivity contribution in [1.82, 2.24) is 4.98 Å². The lowest BCUT2D eigenvalue weighted by molar-refractivity contribution is 0.0526. The van der Waals surface area contributed by atoms with Crippen molar-refractivity contribution in [2.45, 2.75) is 6.92 Å². The highest BCUT2D eigenvalue weighted by Gasteiger charge is 2.19. The molecule has 1 N–H and O–H groups in total. The number of halogens is 1. The topological polar surface area (TPSA) is 96.0 Å². The molecular formula is C28H25ClN2O6. The summed E-state index contributed by atoms with van der Waals surface area (Å²) in [5.74, 6) is 0.489. The Balaban J connectivity index is 1.81. The Labute approximate surface area is 219 Å². The average molecular weight is 521 g/mol. The number of ether oxygens (including phenoxy) is 4. The molecule has 1 heterocycles. The van der Waals surface area contributed by atoms with Crippen LogP contribution in [0, 0.1) is 0 Å². The molecule has 0 bridgehead atoms. The molecule has 0 fully saturated rings. The SMILES string of the molecule is CCOC(=O)c1cccc(NC(=O)c2cc(-c3cc(OC)c(OC)c(OC)c3)nc3ccc(Cl)cc23)c1. The fourth-order valence-corrected chi connectivity index (χ4v) is 4.07. The molecule has 1 amide bonds. The predicted molar refractivity (Wildman–Crippen MR) is 142 cm³/mol. The quantitative estimate of drug-likeness (QED) is 0.284. The van der Waals surface area contributed by atoms with E-state index in [1.807, 2.05) is 0 Å². The monoisotopic (exact) mass is 520 g/mol. The first kappa shape index (κ1) is 25.8. The third kappa shape index (κ3) is 5.44. The average Bonchev–Trinajstić information content (AvgIpc) is 2.91. The van der Waals surface area contributed by atoms with Crippen molar-refractivity contribution in [2.24, 2.45) is 0 Å². The number of aromatic nitrogens is 1. The second-order valence-electron chi connectivity index (χ2n) is 7.89. The summed E-state index contributed by atoms with van der Waals surface area (Å²) in [6.07, 6.45) is 0. The molecule has 0 radical (unpaired) electrons. The van der Waals surface area contributed by atoms with E-state index in [0.29, 0.717) is 61.2 Å². The van der Waals surface area contributed by atoms with E-state index in [1.54, 1.807) is 67.6 Å². The third-order valence-electron chi connectivity index (χ3n) is 5.61. The van der Waals surface area contributed by atoms with Crippen molar-refractivity contribution in [3.63, 3.8) is 0 Å². The number of methoxy groups -OCH3 is 3. The number of nitrogens with one attached hydrogen (secondary N) is 1. The molecule has 4 rings (SSSR count). The molecule has 4 aromatic rings. The Morgan fingerprint density at radius 3 is 2.30 bits per heavy atom. The Morgan fingerprint density at radius 2 is 1.65 bits per heavy atom. The van der Waals surface area contributed by atoms with Crippen molar-refractivity contribution in [1.29, 1.82) is 0 Å². The van der Waals surface area contributed by atoms with Crippen molar-refractivity contribution < 1.29 is 28.5 Å². The molecule has 0 saturated heterocycles. The van der Waals surface area contributed by atoms with E-state index in [-0.39, 0.29) is 6.61 Å². The Morgan fingerprint density at radius 1 is 0.919 bits per heavy atom. The van der Waals surface area contributed by atoms with Gasteiger partial charge in [0.2, 0.25) is 5.75 Å². The molecule has 3 aromatic carbocycles. The minimum absolute atomic E-state index is 0.253. The summed E-state index contributed by atoms with van der Waals surface area (Å²) in [6.45, 7) is 1.98. The fourth-order valence-electron chi connectivity index (χ4n) is 3.90. The summed E-state index contributed by atoms with van der Waals surface area (Å²) in [7, 11) is 4.58. The van der Waals surface area contributed by atoms with Crippen LogP contribution in [0.3, 0.4) is 0 Å². The second kappa shape index (κ2) is 11.2. The van der Waals surface area contributed by atoms with Crippen LogP contribution in [0.1, 0.15) is 27.6 Å². The van der Waals surface area contributed by atoms with Gasteiger partial charge in [-0.15, -0.1) is 0 Å². The lowest BCUT2D eigenvalue weighted by Gasteiger charge is -2.15. The van der Waals surface area contributed by atoms with E-state index < -0.39 is 11.9 Å². The van der Waals surface area contributed by atoms with Crippen LogP contribution in [0.5, 0.6) is 17.2 Å². The van der Waals surface area contributed by atoms with Gasteiger partial charge >= 0.3 is 5.97 Å². The number of fused-ring (bicyclic) bond motifs is 1. The normalized spacial score (nSPS) is 10.6. The number of esters is 1. The van der Waals surface area contributed by atoms with E-state index >= 15 is 0 Å². The van der Waals surface area contributed by atoms with Crippen LogP contribution in [0.25, 0.3) is 22.2 Å². The van der Waals surface area contributed by atoms with Gasteiger partial charge in [-0.1, -0.05) is 17.7 Å². The van der Waals surface area contributed by atoms with E-state index in [1.165, 1.54) is 21.3 Å². The lowest BCUT2D eigenvalue weighted by atomic mass is 10.0. The zero-order valence-electron chi connectivity index (χ0n) is 20.8. The summed E-state index contributed by atoms with van der Waals surface area (Å²) < 4.78 is 21.4. The predicted octanol–water partition coefficient (Wildman–Crippen LogP) is 6.01. The highest BCUT2D eigenvalue weighted by Crippen LogP contribution is 2.41. The van der Waals surface area contributed by atoms with E-state index in [0.717, 1.165) is 0 Å². The van der Waals surface area contributed by atoms with Crippen LogP contribution in [-0.4, -0.2) is 44.8 Å². The Bertz CT molecular complexity index is 1460. The molecule has 0 spiro atoms. The molecule has 0 aliphatic carbocycles. The third-order valence-corrected chi connectivity index (χ3v) is 5.84. The van der Waals surface area contributed by atoms with Crippen LogP contribution in [0.15, 0.2) is 60.7 Å². The van der Waals surface area contributed by atoms with Gasteiger partial charge in [0.15, 0.2) is 11.5 Å². The minimum atomic E-state index is -0.468. The largest absolute Gasteiger partial charge is 0.493 e. The molecule has 0 saturated carbocycles. The molecule has 8 nitrogen and oxygen atoms in total. The van der Waals surface area contributed by atoms with Crippen molar-refractivity contribution in [3.05, 3.63) is 76.8 Å². The smallest absolute Gasteiger partial charge is 0.338 e. The number of anilines is 1. The van der Waals surface area contributed by atoms with Gasteiger partial charge in [-0.2, -0.15) is 0 Å². The van der Waals surface area contributed by atoms with Gasteiger partial charge in [0, 0.05) is 21.7 Å². The molecule has 0 unspecified atom stereocenters. The number of pyridine rings is 1. The number of benzene rings is 3. The highest BCUT2D eigenvalue weighted by molar-refractivity contribution is 6.31. The summed E-state index contributed by atoms with van der Waals surface area (Å²) in [4.78, 5) is 30.4. The van der Waals surface area contributed by atoms with Gasteiger partial charge in [0.1, 0.15) is 0 Å². The highest BCUT2D eigenvalue weighted by atomic mass is 35.5.